The van der Waals surface area contributed by atoms with Crippen molar-refractivity contribution >= 4 is 27.3 Å². The van der Waals surface area contributed by atoms with Crippen LogP contribution in [-0.4, -0.2) is 10.2 Å². The van der Waals surface area contributed by atoms with E-state index in [1.54, 1.807) is 6.07 Å². The maximum atomic E-state index is 13.3. The smallest absolute Gasteiger partial charge is 0.267 e. The molecule has 3 nitrogen and oxygen atoms in total. The number of H-pyrrole nitrogens is 1. The number of benzene rings is 1. The number of rotatable bonds is 2. The second kappa shape index (κ2) is 5.54. The number of hydrogen-bond acceptors (Lipinski definition) is 3. The van der Waals surface area contributed by atoms with Crippen LogP contribution in [0.3, 0.4) is 0 Å². The Morgan fingerprint density at radius 2 is 2.10 bits per heavy atom. The largest absolute Gasteiger partial charge is 0.272 e. The summed E-state index contributed by atoms with van der Waals surface area (Å²) >= 11 is 4.86. The van der Waals surface area contributed by atoms with E-state index in [0.717, 1.165) is 16.1 Å². The molecule has 0 fully saturated rings. The quantitative estimate of drug-likeness (QED) is 0.733. The number of nitrogens with zero attached hydrogens (tertiary/aromatic N) is 1. The van der Waals surface area contributed by atoms with Crippen molar-refractivity contribution in [2.24, 2.45) is 0 Å². The first-order valence-corrected chi connectivity index (χ1v) is 7.84. The predicted molar refractivity (Wildman–Crippen MR) is 86.0 cm³/mol. The summed E-state index contributed by atoms with van der Waals surface area (Å²) in [6.45, 7) is 1.84. The van der Waals surface area contributed by atoms with Gasteiger partial charge in [0.15, 0.2) is 0 Å². The third-order valence-corrected chi connectivity index (χ3v) is 4.68. The molecule has 0 aliphatic carbocycles. The van der Waals surface area contributed by atoms with Crippen LogP contribution >= 0.6 is 27.3 Å². The van der Waals surface area contributed by atoms with E-state index in [-0.39, 0.29) is 11.4 Å². The number of thiophene rings is 1. The molecular formula is C15H10BrFN2OS. The molecule has 3 aromatic rings. The molecule has 0 amide bonds. The van der Waals surface area contributed by atoms with Gasteiger partial charge in [0, 0.05) is 20.5 Å². The fraction of sp³-hybridized carbons (Fsp3) is 0.0667. The zero-order valence-electron chi connectivity index (χ0n) is 11.0. The minimum atomic E-state index is -0.356. The number of halogens is 2. The molecule has 1 N–H and O–H groups in total. The zero-order chi connectivity index (χ0) is 15.0. The van der Waals surface area contributed by atoms with Gasteiger partial charge in [-0.2, -0.15) is 5.10 Å². The van der Waals surface area contributed by atoms with E-state index >= 15 is 0 Å². The minimum Gasteiger partial charge on any atom is -0.267 e. The molecule has 3 rings (SSSR count). The summed E-state index contributed by atoms with van der Waals surface area (Å²) in [5.41, 5.74) is 2.35. The fourth-order valence-electron chi connectivity index (χ4n) is 2.21. The zero-order valence-corrected chi connectivity index (χ0v) is 13.4. The average Bonchev–Trinajstić information content (AvgIpc) is 2.95. The Morgan fingerprint density at radius 1 is 1.29 bits per heavy atom. The first-order valence-electron chi connectivity index (χ1n) is 6.16. The third-order valence-electron chi connectivity index (χ3n) is 3.13. The van der Waals surface area contributed by atoms with E-state index < -0.39 is 0 Å². The van der Waals surface area contributed by atoms with Gasteiger partial charge in [0.1, 0.15) is 5.82 Å². The van der Waals surface area contributed by atoms with Crippen molar-refractivity contribution in [1.29, 1.82) is 0 Å². The summed E-state index contributed by atoms with van der Waals surface area (Å²) in [6, 6.07) is 8.15. The maximum absolute atomic E-state index is 13.3. The second-order valence-electron chi connectivity index (χ2n) is 4.49. The van der Waals surface area contributed by atoms with E-state index in [1.165, 1.54) is 23.5 Å². The van der Waals surface area contributed by atoms with Crippen LogP contribution in [0.5, 0.6) is 0 Å². The number of aryl methyl sites for hydroxylation is 1. The van der Waals surface area contributed by atoms with Crippen molar-refractivity contribution in [3.8, 4) is 21.6 Å². The van der Waals surface area contributed by atoms with Gasteiger partial charge >= 0.3 is 0 Å². The molecule has 0 bridgehead atoms. The van der Waals surface area contributed by atoms with Crippen molar-refractivity contribution in [1.82, 2.24) is 10.2 Å². The van der Waals surface area contributed by atoms with Gasteiger partial charge in [-0.05, 0) is 30.5 Å². The SMILES string of the molecule is Cc1n[nH]c(=O)c(-c2ccc(F)cc2Br)c1-c1cccs1. The lowest BCUT2D eigenvalue weighted by molar-refractivity contribution is 0.627. The monoisotopic (exact) mass is 364 g/mol. The lowest BCUT2D eigenvalue weighted by Gasteiger charge is -2.11. The van der Waals surface area contributed by atoms with Crippen LogP contribution in [0, 0.1) is 12.7 Å². The Kier molecular flexibility index (Phi) is 3.73. The van der Waals surface area contributed by atoms with Gasteiger partial charge < -0.3 is 0 Å². The van der Waals surface area contributed by atoms with Crippen molar-refractivity contribution in [3.05, 3.63) is 62.0 Å². The normalized spacial score (nSPS) is 10.8. The lowest BCUT2D eigenvalue weighted by atomic mass is 9.99. The summed E-state index contributed by atoms with van der Waals surface area (Å²) in [5.74, 6) is -0.356. The summed E-state index contributed by atoms with van der Waals surface area (Å²) in [4.78, 5) is 13.3. The highest BCUT2D eigenvalue weighted by atomic mass is 79.9. The number of nitrogens with one attached hydrogen (secondary N) is 1. The number of hydrogen-bond donors (Lipinski definition) is 1. The highest BCUT2D eigenvalue weighted by molar-refractivity contribution is 9.10. The van der Waals surface area contributed by atoms with Gasteiger partial charge in [0.25, 0.3) is 5.56 Å². The summed E-state index contributed by atoms with van der Waals surface area (Å²) in [7, 11) is 0. The Hall–Kier alpha value is -1.79. The highest BCUT2D eigenvalue weighted by Gasteiger charge is 2.18. The van der Waals surface area contributed by atoms with Crippen LogP contribution in [0.4, 0.5) is 4.39 Å². The van der Waals surface area contributed by atoms with Crippen molar-refractivity contribution in [3.63, 3.8) is 0 Å². The van der Waals surface area contributed by atoms with E-state index in [9.17, 15) is 9.18 Å². The number of aromatic amines is 1. The molecule has 6 heteroatoms. The van der Waals surface area contributed by atoms with Gasteiger partial charge in [0.2, 0.25) is 0 Å². The van der Waals surface area contributed by atoms with Crippen LogP contribution < -0.4 is 5.56 Å². The summed E-state index contributed by atoms with van der Waals surface area (Å²) in [6.07, 6.45) is 0. The third kappa shape index (κ3) is 2.56. The molecule has 0 radical (unpaired) electrons. The summed E-state index contributed by atoms with van der Waals surface area (Å²) in [5, 5.41) is 8.49. The van der Waals surface area contributed by atoms with E-state index in [0.29, 0.717) is 15.6 Å². The molecular weight excluding hydrogens is 355 g/mol. The van der Waals surface area contributed by atoms with E-state index in [2.05, 4.69) is 26.1 Å². The second-order valence-corrected chi connectivity index (χ2v) is 6.29. The topological polar surface area (TPSA) is 45.8 Å². The minimum absolute atomic E-state index is 0.295. The molecule has 0 unspecified atom stereocenters. The molecule has 1 aromatic carbocycles. The average molecular weight is 365 g/mol. The molecule has 2 heterocycles. The van der Waals surface area contributed by atoms with Crippen molar-refractivity contribution < 1.29 is 4.39 Å². The standard InChI is InChI=1S/C15H10BrFN2OS/c1-8-13(12-3-2-6-21-12)14(15(20)19-18-8)10-5-4-9(17)7-11(10)16/h2-7H,1H3,(H,19,20). The van der Waals surface area contributed by atoms with Crippen LogP contribution in [0.15, 0.2) is 45.0 Å². The van der Waals surface area contributed by atoms with E-state index in [4.69, 9.17) is 0 Å². The van der Waals surface area contributed by atoms with E-state index in [1.807, 2.05) is 24.4 Å². The molecule has 0 saturated carbocycles. The van der Waals surface area contributed by atoms with Crippen molar-refractivity contribution in [2.75, 3.05) is 0 Å². The Labute approximate surface area is 132 Å². The molecule has 21 heavy (non-hydrogen) atoms. The fourth-order valence-corrected chi connectivity index (χ4v) is 3.59. The van der Waals surface area contributed by atoms with Gasteiger partial charge in [-0.15, -0.1) is 11.3 Å². The van der Waals surface area contributed by atoms with Gasteiger partial charge in [-0.3, -0.25) is 4.79 Å². The molecule has 0 aliphatic heterocycles. The van der Waals surface area contributed by atoms with Crippen LogP contribution in [0.25, 0.3) is 21.6 Å². The molecule has 0 atom stereocenters. The Morgan fingerprint density at radius 3 is 2.76 bits per heavy atom. The first-order chi connectivity index (χ1) is 10.1. The molecule has 2 aromatic heterocycles. The Bertz CT molecular complexity index is 859. The Balaban J connectivity index is 2.37. The molecule has 0 saturated heterocycles. The highest BCUT2D eigenvalue weighted by Crippen LogP contribution is 2.36. The van der Waals surface area contributed by atoms with Crippen molar-refractivity contribution in [2.45, 2.75) is 6.92 Å². The lowest BCUT2D eigenvalue weighted by Crippen LogP contribution is -2.14. The van der Waals surface area contributed by atoms with Crippen LogP contribution in [-0.2, 0) is 0 Å². The molecule has 0 spiro atoms. The predicted octanol–water partition coefficient (Wildman–Crippen LogP) is 4.38. The molecule has 106 valence electrons. The van der Waals surface area contributed by atoms with Crippen LogP contribution in [0.1, 0.15) is 5.69 Å². The van der Waals surface area contributed by atoms with Gasteiger partial charge in [-0.25, -0.2) is 9.49 Å². The van der Waals surface area contributed by atoms with Gasteiger partial charge in [-0.1, -0.05) is 28.1 Å². The van der Waals surface area contributed by atoms with Gasteiger partial charge in [0.05, 0.1) is 11.3 Å². The maximum Gasteiger partial charge on any atom is 0.272 e. The first kappa shape index (κ1) is 14.2. The summed E-state index contributed by atoms with van der Waals surface area (Å²) < 4.78 is 13.8. The number of aromatic nitrogens is 2. The van der Waals surface area contributed by atoms with Crippen LogP contribution in [0.2, 0.25) is 0 Å². The molecule has 0 aliphatic rings.